The van der Waals surface area contributed by atoms with E-state index in [-0.39, 0.29) is 24.4 Å². The van der Waals surface area contributed by atoms with Crippen LogP contribution in [-0.4, -0.2) is 84.0 Å². The van der Waals surface area contributed by atoms with Crippen molar-refractivity contribution in [2.24, 2.45) is 0 Å². The zero-order chi connectivity index (χ0) is 35.1. The van der Waals surface area contributed by atoms with Crippen LogP contribution >= 0.6 is 0 Å². The zero-order valence-electron chi connectivity index (χ0n) is 32.2. The Labute approximate surface area is 288 Å². The van der Waals surface area contributed by atoms with Crippen LogP contribution in [0.25, 0.3) is 0 Å². The predicted molar refractivity (Wildman–Crippen MR) is 202 cm³/mol. The van der Waals surface area contributed by atoms with Gasteiger partial charge in [-0.3, -0.25) is 0 Å². The summed E-state index contributed by atoms with van der Waals surface area (Å²) in [6.45, 7) is 25.2. The molecule has 0 aromatic carbocycles. The quantitative estimate of drug-likeness (QED) is 0.101. The van der Waals surface area contributed by atoms with Crippen molar-refractivity contribution in [3.8, 4) is 11.5 Å². The van der Waals surface area contributed by atoms with Crippen molar-refractivity contribution in [1.29, 1.82) is 0 Å². The molecule has 0 radical (unpaired) electrons. The van der Waals surface area contributed by atoms with Crippen LogP contribution < -0.4 is 3.71 Å². The molecule has 1 saturated heterocycles. The first kappa shape index (κ1) is 41.5. The van der Waals surface area contributed by atoms with E-state index < -0.39 is 40.4 Å². The standard InChI is InChI=1S/C34H58NO5Si2.3CH3.Sn/c1-25(2)42(26(3)4,27(5)6)40-32(21-28(7)16-17-29(36-9)15-14-20-41(11,12)13)31-22-30(37-10)23-34(8,39-31)24-33-35-18-19-38-33;;;;/h16-17,19,21,25-27,29-32H,15,22-24H2,1-13H3;3*1H3;/b17-16+,28-21+;;;;/t29-,30-,31-,32+,34+;;;;/m1..../s1. The molecule has 1 aliphatic rings. The zero-order valence-corrected chi connectivity index (χ0v) is 37.0. The van der Waals surface area contributed by atoms with Gasteiger partial charge in [-0.15, -0.1) is 11.5 Å². The first-order chi connectivity index (χ1) is 21.2. The molecule has 2 rings (SSSR count). The summed E-state index contributed by atoms with van der Waals surface area (Å²) in [5.74, 6) is 4.12. The fourth-order valence-corrected chi connectivity index (χ4v) is 15.5. The van der Waals surface area contributed by atoms with E-state index in [0.717, 1.165) is 28.0 Å². The summed E-state index contributed by atoms with van der Waals surface area (Å²) in [4.78, 5) is 12.0. The molecule has 6 nitrogen and oxygen atoms in total. The number of hydrogen-bond donors (Lipinski definition) is 0. The molecule has 0 spiro atoms. The molecule has 0 unspecified atom stereocenters. The third-order valence-corrected chi connectivity index (χ3v) is 21.3. The normalized spacial score (nSPS) is 23.3. The summed E-state index contributed by atoms with van der Waals surface area (Å²) in [5, 5.41) is 0. The number of aromatic nitrogens is 1. The van der Waals surface area contributed by atoms with Gasteiger partial charge in [0.2, 0.25) is 0 Å². The summed E-state index contributed by atoms with van der Waals surface area (Å²) in [7, 11) is -0.102. The minimum atomic E-state index is -2.35. The minimum absolute atomic E-state index is 0.0475. The average Bonchev–Trinajstić information content (AvgIpc) is 3.39. The van der Waals surface area contributed by atoms with Gasteiger partial charge < -0.3 is 4.74 Å². The van der Waals surface area contributed by atoms with Crippen molar-refractivity contribution in [2.75, 3.05) is 14.2 Å². The molecule has 0 saturated carbocycles. The summed E-state index contributed by atoms with van der Waals surface area (Å²) < 4.78 is 33.7. The molecular weight excluding hydrogens is 713 g/mol. The second-order valence-corrected chi connectivity index (χ2v) is 41.1. The van der Waals surface area contributed by atoms with E-state index in [2.05, 4.69) is 120 Å². The van der Waals surface area contributed by atoms with Crippen molar-refractivity contribution in [1.82, 2.24) is 4.98 Å². The number of allylic oxidation sites excluding steroid dienone is 2. The van der Waals surface area contributed by atoms with E-state index >= 15 is 0 Å². The Morgan fingerprint density at radius 1 is 1.09 bits per heavy atom. The van der Waals surface area contributed by atoms with Gasteiger partial charge in [0.1, 0.15) is 8.07 Å². The van der Waals surface area contributed by atoms with Crippen molar-refractivity contribution < 1.29 is 23.1 Å². The number of nitrogens with zero attached hydrogens (tertiary/aromatic N) is 1. The van der Waals surface area contributed by atoms with Gasteiger partial charge in [0.15, 0.2) is 0 Å². The Bertz CT molecular complexity index is 1190. The molecule has 5 atom stereocenters. The molecule has 262 valence electrons. The van der Waals surface area contributed by atoms with Crippen LogP contribution in [0, 0.1) is 11.5 Å². The number of oxazole rings is 1. The molecule has 46 heavy (non-hydrogen) atoms. The second-order valence-electron chi connectivity index (χ2n) is 16.7. The van der Waals surface area contributed by atoms with Crippen molar-refractivity contribution >= 4 is 38.5 Å². The Balaban J connectivity index is 2.52. The summed E-state index contributed by atoms with van der Waals surface area (Å²) >= 11 is -2.35. The molecule has 0 aliphatic carbocycles. The molecule has 1 aromatic rings. The van der Waals surface area contributed by atoms with Crippen LogP contribution in [0.3, 0.4) is 0 Å². The Morgan fingerprint density at radius 2 is 1.70 bits per heavy atom. The van der Waals surface area contributed by atoms with E-state index in [9.17, 15) is 0 Å². The monoisotopic (exact) mass is 781 g/mol. The van der Waals surface area contributed by atoms with E-state index in [4.69, 9.17) is 28.0 Å². The maximum atomic E-state index is 7.52. The van der Waals surface area contributed by atoms with Crippen LogP contribution in [0.2, 0.25) is 51.1 Å². The first-order valence-corrected chi connectivity index (χ1v) is 33.0. The number of hydrogen-bond acceptors (Lipinski definition) is 6. The summed E-state index contributed by atoms with van der Waals surface area (Å²) in [5.41, 5.74) is 5.44. The Hall–Kier alpha value is -0.678. The topological polar surface area (TPSA) is 63.0 Å². The Morgan fingerprint density at radius 3 is 2.17 bits per heavy atom. The fraction of sp³-hybridized carbons (Fsp3) is 0.757. The SMILES string of the molecule is CO[C@@H]1C[C@H]([C@H](/C=C(C)/C=C/[C@@H](CC#C[Si](C)(C)C)OC)O[Si](C(C)C)(C(C)C)C(C)C)O[C@](C)(Cc2n[c]([Sn]([CH3])([CH3])[CH3])co2)C1. The second kappa shape index (κ2) is 17.3. The molecule has 1 aliphatic heterocycles. The first-order valence-electron chi connectivity index (χ1n) is 17.4. The summed E-state index contributed by atoms with van der Waals surface area (Å²) in [6.07, 6.45) is 10.9. The van der Waals surface area contributed by atoms with E-state index in [0.29, 0.717) is 29.5 Å². The average molecular weight is 781 g/mol. The molecule has 2 heterocycles. The molecular formula is C37H67NO5Si2Sn. The molecule has 0 bridgehead atoms. The fourth-order valence-electron chi connectivity index (χ4n) is 6.92. The van der Waals surface area contributed by atoms with Crippen LogP contribution in [-0.2, 0) is 25.1 Å². The van der Waals surface area contributed by atoms with E-state index in [1.165, 1.54) is 0 Å². The molecule has 1 aromatic heterocycles. The molecule has 1 fully saturated rings. The number of rotatable bonds is 15. The third-order valence-electron chi connectivity index (χ3n) is 9.25. The van der Waals surface area contributed by atoms with Crippen molar-refractivity contribution in [2.45, 2.75) is 162 Å². The van der Waals surface area contributed by atoms with Gasteiger partial charge in [0.25, 0.3) is 0 Å². The van der Waals surface area contributed by atoms with Crippen LogP contribution in [0.15, 0.2) is 34.5 Å². The van der Waals surface area contributed by atoms with E-state index in [1.54, 1.807) is 7.11 Å². The maximum absolute atomic E-state index is 7.52. The van der Waals surface area contributed by atoms with Gasteiger partial charge >= 0.3 is 227 Å². The number of ether oxygens (including phenoxy) is 3. The Kier molecular flexibility index (Phi) is 15.6. The van der Waals surface area contributed by atoms with Gasteiger partial charge in [0.05, 0.1) is 6.10 Å². The number of methoxy groups -OCH3 is 2. The summed E-state index contributed by atoms with van der Waals surface area (Å²) in [6, 6.07) is 0. The van der Waals surface area contributed by atoms with Crippen LogP contribution in [0.5, 0.6) is 0 Å². The van der Waals surface area contributed by atoms with E-state index in [1.807, 2.05) is 13.4 Å². The van der Waals surface area contributed by atoms with Crippen LogP contribution in [0.4, 0.5) is 0 Å². The van der Waals surface area contributed by atoms with Crippen molar-refractivity contribution in [3.05, 3.63) is 36.0 Å². The van der Waals surface area contributed by atoms with Gasteiger partial charge in [0, 0.05) is 13.5 Å². The van der Waals surface area contributed by atoms with Gasteiger partial charge in [-0.25, -0.2) is 0 Å². The van der Waals surface area contributed by atoms with Gasteiger partial charge in [-0.2, -0.15) is 0 Å². The van der Waals surface area contributed by atoms with Crippen molar-refractivity contribution in [3.63, 3.8) is 0 Å². The van der Waals surface area contributed by atoms with Gasteiger partial charge in [-0.1, -0.05) is 19.6 Å². The third kappa shape index (κ3) is 12.0. The molecule has 9 heteroatoms. The van der Waals surface area contributed by atoms with Crippen LogP contribution in [0.1, 0.15) is 80.5 Å². The van der Waals surface area contributed by atoms with Gasteiger partial charge in [-0.05, 0) is 0 Å². The molecule has 0 N–H and O–H groups in total. The predicted octanol–water partition coefficient (Wildman–Crippen LogP) is 9.06. The molecule has 0 amide bonds.